The molecular formula is C22H20ClN3O3. The highest BCUT2D eigenvalue weighted by Gasteiger charge is 2.14. The number of halogens is 1. The maximum absolute atomic E-state index is 12.1. The number of anilines is 1. The number of amides is 2. The van der Waals surface area contributed by atoms with Crippen molar-refractivity contribution in [1.29, 1.82) is 0 Å². The van der Waals surface area contributed by atoms with Crippen molar-refractivity contribution >= 4 is 46.1 Å². The molecule has 0 radical (unpaired) electrons. The Morgan fingerprint density at radius 2 is 1.79 bits per heavy atom. The van der Waals surface area contributed by atoms with Gasteiger partial charge >= 0.3 is 11.8 Å². The second-order valence-electron chi connectivity index (χ2n) is 6.18. The molecule has 3 rings (SSSR count). The van der Waals surface area contributed by atoms with Crippen molar-refractivity contribution in [2.45, 2.75) is 13.3 Å². The van der Waals surface area contributed by atoms with Gasteiger partial charge in [-0.25, -0.2) is 5.43 Å². The predicted octanol–water partition coefficient (Wildman–Crippen LogP) is 4.37. The zero-order valence-electron chi connectivity index (χ0n) is 15.8. The Kier molecular flexibility index (Phi) is 6.81. The molecule has 0 saturated carbocycles. The van der Waals surface area contributed by atoms with E-state index in [0.717, 1.165) is 22.8 Å². The van der Waals surface area contributed by atoms with Crippen LogP contribution in [0.25, 0.3) is 10.8 Å². The summed E-state index contributed by atoms with van der Waals surface area (Å²) in [6.45, 7) is 2.58. The molecule has 2 N–H and O–H groups in total. The van der Waals surface area contributed by atoms with Crippen LogP contribution in [0.2, 0.25) is 5.02 Å². The summed E-state index contributed by atoms with van der Waals surface area (Å²) in [5, 5.41) is 8.68. The zero-order valence-corrected chi connectivity index (χ0v) is 16.6. The average molecular weight is 410 g/mol. The van der Waals surface area contributed by atoms with E-state index in [2.05, 4.69) is 15.8 Å². The molecule has 0 aliphatic rings. The number of carbonyl (C=O) groups excluding carboxylic acids is 2. The van der Waals surface area contributed by atoms with E-state index in [0.29, 0.717) is 23.1 Å². The van der Waals surface area contributed by atoms with E-state index in [9.17, 15) is 9.59 Å². The van der Waals surface area contributed by atoms with Gasteiger partial charge in [-0.05, 0) is 35.4 Å². The van der Waals surface area contributed by atoms with E-state index in [4.69, 9.17) is 16.3 Å². The molecule has 0 aliphatic heterocycles. The van der Waals surface area contributed by atoms with Crippen molar-refractivity contribution in [1.82, 2.24) is 5.43 Å². The highest BCUT2D eigenvalue weighted by molar-refractivity contribution is 6.41. The van der Waals surface area contributed by atoms with E-state index < -0.39 is 11.8 Å². The van der Waals surface area contributed by atoms with Crippen LogP contribution in [0, 0.1) is 0 Å². The third-order valence-corrected chi connectivity index (χ3v) is 4.41. The molecule has 0 atom stereocenters. The van der Waals surface area contributed by atoms with Crippen LogP contribution in [0.3, 0.4) is 0 Å². The van der Waals surface area contributed by atoms with Crippen LogP contribution in [0.4, 0.5) is 5.69 Å². The first-order chi connectivity index (χ1) is 14.1. The number of para-hydroxylation sites is 1. The van der Waals surface area contributed by atoms with Crippen LogP contribution in [-0.4, -0.2) is 24.6 Å². The number of ether oxygens (including phenoxy) is 1. The minimum atomic E-state index is -0.905. The minimum Gasteiger partial charge on any atom is -0.493 e. The van der Waals surface area contributed by atoms with Crippen molar-refractivity contribution < 1.29 is 14.3 Å². The molecule has 3 aromatic carbocycles. The van der Waals surface area contributed by atoms with Gasteiger partial charge in [0.1, 0.15) is 5.75 Å². The second-order valence-corrected chi connectivity index (χ2v) is 6.59. The average Bonchev–Trinajstić information content (AvgIpc) is 2.74. The molecule has 0 fully saturated rings. The van der Waals surface area contributed by atoms with E-state index in [-0.39, 0.29) is 0 Å². The Labute approximate surface area is 173 Å². The molecule has 7 heteroatoms. The van der Waals surface area contributed by atoms with Gasteiger partial charge in [0.15, 0.2) is 0 Å². The fourth-order valence-electron chi connectivity index (χ4n) is 2.69. The third-order valence-electron chi connectivity index (χ3n) is 4.08. The van der Waals surface area contributed by atoms with Crippen molar-refractivity contribution in [3.8, 4) is 5.75 Å². The summed E-state index contributed by atoms with van der Waals surface area (Å²) in [5.41, 5.74) is 3.31. The number of hydrazone groups is 1. The summed E-state index contributed by atoms with van der Waals surface area (Å²) < 4.78 is 5.79. The van der Waals surface area contributed by atoms with Gasteiger partial charge in [0, 0.05) is 5.56 Å². The van der Waals surface area contributed by atoms with Crippen molar-refractivity contribution in [2.75, 3.05) is 11.9 Å². The third kappa shape index (κ3) is 5.12. The first-order valence-corrected chi connectivity index (χ1v) is 9.51. The zero-order chi connectivity index (χ0) is 20.6. The molecule has 0 saturated heterocycles. The van der Waals surface area contributed by atoms with Crippen LogP contribution in [0.15, 0.2) is 65.8 Å². The van der Waals surface area contributed by atoms with Crippen LogP contribution >= 0.6 is 11.6 Å². The van der Waals surface area contributed by atoms with Crippen molar-refractivity contribution in [2.24, 2.45) is 5.10 Å². The lowest BCUT2D eigenvalue weighted by molar-refractivity contribution is -0.136. The highest BCUT2D eigenvalue weighted by atomic mass is 35.5. The molecule has 148 valence electrons. The highest BCUT2D eigenvalue weighted by Crippen LogP contribution is 2.27. The van der Waals surface area contributed by atoms with Crippen LogP contribution < -0.4 is 15.5 Å². The minimum absolute atomic E-state index is 0.339. The number of hydrogen-bond donors (Lipinski definition) is 2. The molecular weight excluding hydrogens is 390 g/mol. The summed E-state index contributed by atoms with van der Waals surface area (Å²) in [7, 11) is 0. The summed E-state index contributed by atoms with van der Waals surface area (Å²) >= 11 is 5.98. The monoisotopic (exact) mass is 409 g/mol. The SMILES string of the molecule is CCCOc1ccc2ccccc2c1/C=N\NC(=O)C(=O)Nc1ccccc1Cl. The van der Waals surface area contributed by atoms with E-state index in [1.807, 2.05) is 43.3 Å². The van der Waals surface area contributed by atoms with Gasteiger partial charge in [-0.1, -0.05) is 61.0 Å². The Bertz CT molecular complexity index is 1070. The molecule has 29 heavy (non-hydrogen) atoms. The van der Waals surface area contributed by atoms with E-state index in [1.165, 1.54) is 6.21 Å². The largest absolute Gasteiger partial charge is 0.493 e. The lowest BCUT2D eigenvalue weighted by Crippen LogP contribution is -2.32. The van der Waals surface area contributed by atoms with Crippen molar-refractivity contribution in [3.05, 3.63) is 71.2 Å². The molecule has 2 amide bonds. The lowest BCUT2D eigenvalue weighted by atomic mass is 10.0. The fraction of sp³-hybridized carbons (Fsp3) is 0.136. The molecule has 0 unspecified atom stereocenters. The Hall–Kier alpha value is -3.38. The second kappa shape index (κ2) is 9.71. The lowest BCUT2D eigenvalue weighted by Gasteiger charge is -2.11. The summed E-state index contributed by atoms with van der Waals surface area (Å²) in [6.07, 6.45) is 2.34. The summed E-state index contributed by atoms with van der Waals surface area (Å²) in [5.74, 6) is -1.11. The first kappa shape index (κ1) is 20.4. The number of carbonyl (C=O) groups is 2. The van der Waals surface area contributed by atoms with Gasteiger partial charge in [-0.3, -0.25) is 9.59 Å². The van der Waals surface area contributed by atoms with E-state index >= 15 is 0 Å². The standard InChI is InChI=1S/C22H20ClN3O3/c1-2-13-29-20-12-11-15-7-3-4-8-16(15)17(20)14-24-26-22(28)21(27)25-19-10-6-5-9-18(19)23/h3-12,14H,2,13H2,1H3,(H,25,27)(H,26,28)/b24-14-. The smallest absolute Gasteiger partial charge is 0.329 e. The molecule has 3 aromatic rings. The fourth-order valence-corrected chi connectivity index (χ4v) is 2.88. The Morgan fingerprint density at radius 3 is 2.59 bits per heavy atom. The quantitative estimate of drug-likeness (QED) is 0.360. The topological polar surface area (TPSA) is 79.8 Å². The van der Waals surface area contributed by atoms with Crippen LogP contribution in [0.5, 0.6) is 5.75 Å². The summed E-state index contributed by atoms with van der Waals surface area (Å²) in [4.78, 5) is 24.1. The predicted molar refractivity (Wildman–Crippen MR) is 116 cm³/mol. The molecule has 0 spiro atoms. The van der Waals surface area contributed by atoms with Gasteiger partial charge < -0.3 is 10.1 Å². The number of rotatable bonds is 6. The number of hydrogen-bond acceptors (Lipinski definition) is 4. The van der Waals surface area contributed by atoms with E-state index in [1.54, 1.807) is 24.3 Å². The molecule has 6 nitrogen and oxygen atoms in total. The maximum atomic E-state index is 12.1. The molecule has 0 aromatic heterocycles. The summed E-state index contributed by atoms with van der Waals surface area (Å²) in [6, 6.07) is 18.3. The molecule has 0 bridgehead atoms. The van der Waals surface area contributed by atoms with Crippen LogP contribution in [0.1, 0.15) is 18.9 Å². The molecule has 0 aliphatic carbocycles. The van der Waals surface area contributed by atoms with Gasteiger partial charge in [0.25, 0.3) is 0 Å². The number of nitrogens with one attached hydrogen (secondary N) is 2. The van der Waals surface area contributed by atoms with Gasteiger partial charge in [0.05, 0.1) is 23.5 Å². The number of fused-ring (bicyclic) bond motifs is 1. The Morgan fingerprint density at radius 1 is 1.03 bits per heavy atom. The van der Waals surface area contributed by atoms with Gasteiger partial charge in [-0.2, -0.15) is 5.10 Å². The molecule has 0 heterocycles. The number of nitrogens with zero attached hydrogens (tertiary/aromatic N) is 1. The normalized spacial score (nSPS) is 10.8. The Balaban J connectivity index is 1.75. The van der Waals surface area contributed by atoms with Gasteiger partial charge in [-0.15, -0.1) is 0 Å². The first-order valence-electron chi connectivity index (χ1n) is 9.13. The van der Waals surface area contributed by atoms with Crippen LogP contribution in [-0.2, 0) is 9.59 Å². The van der Waals surface area contributed by atoms with Gasteiger partial charge in [0.2, 0.25) is 0 Å². The van der Waals surface area contributed by atoms with Crippen molar-refractivity contribution in [3.63, 3.8) is 0 Å². The maximum Gasteiger partial charge on any atom is 0.329 e. The number of benzene rings is 3.